The number of hydrogen-bond donors (Lipinski definition) is 0. The van der Waals surface area contributed by atoms with Crippen LogP contribution in [0.4, 0.5) is 17.1 Å². The van der Waals surface area contributed by atoms with Crippen LogP contribution in [0.1, 0.15) is 0 Å². The van der Waals surface area contributed by atoms with Gasteiger partial charge in [0.1, 0.15) is 0 Å². The Kier molecular flexibility index (Phi) is 8.17. The van der Waals surface area contributed by atoms with Crippen molar-refractivity contribution in [2.24, 2.45) is 0 Å². The summed E-state index contributed by atoms with van der Waals surface area (Å²) in [5, 5.41) is 7.43. The second kappa shape index (κ2) is 14.3. The van der Waals surface area contributed by atoms with Gasteiger partial charge in [0.25, 0.3) is 0 Å². The fraction of sp³-hybridized carbons (Fsp3) is 0. The lowest BCUT2D eigenvalue weighted by Gasteiger charge is -2.27. The average Bonchev–Trinajstić information content (AvgIpc) is 3.86. The molecule has 12 rings (SSSR count). The third kappa shape index (κ3) is 5.66. The van der Waals surface area contributed by atoms with Gasteiger partial charge in [0, 0.05) is 44.3 Å². The number of hydrogen-bond acceptors (Lipinski definition) is 1. The van der Waals surface area contributed by atoms with Gasteiger partial charge in [0.2, 0.25) is 0 Å². The Morgan fingerprint density at radius 2 is 0.721 bits per heavy atom. The number of para-hydroxylation sites is 4. The summed E-state index contributed by atoms with van der Waals surface area (Å²) in [4.78, 5) is 2.43. The van der Waals surface area contributed by atoms with E-state index in [1.165, 1.54) is 71.1 Å². The molecule has 0 unspecified atom stereocenters. The molecule has 0 aliphatic heterocycles. The first-order chi connectivity index (χ1) is 30.3. The topological polar surface area (TPSA) is 13.1 Å². The fourth-order valence-electron chi connectivity index (χ4n) is 9.65. The Balaban J connectivity index is 1.06. The van der Waals surface area contributed by atoms with E-state index < -0.39 is 0 Å². The van der Waals surface area contributed by atoms with Crippen LogP contribution in [0.3, 0.4) is 0 Å². The highest BCUT2D eigenvalue weighted by Crippen LogP contribution is 2.45. The van der Waals surface area contributed by atoms with Crippen molar-refractivity contribution in [1.29, 1.82) is 0 Å². The van der Waals surface area contributed by atoms with Crippen molar-refractivity contribution in [1.82, 2.24) is 9.13 Å². The Hall–Kier alpha value is -8.14. The second-order valence-electron chi connectivity index (χ2n) is 15.7. The van der Waals surface area contributed by atoms with E-state index in [0.29, 0.717) is 0 Å². The highest BCUT2D eigenvalue weighted by atomic mass is 15.1. The quantitative estimate of drug-likeness (QED) is 0.157. The molecule has 0 saturated heterocycles. The predicted molar refractivity (Wildman–Crippen MR) is 258 cm³/mol. The van der Waals surface area contributed by atoms with Gasteiger partial charge in [-0.05, 0) is 112 Å². The maximum atomic E-state index is 2.43. The average molecular weight is 778 g/mol. The lowest BCUT2D eigenvalue weighted by Crippen LogP contribution is -2.10. The zero-order valence-corrected chi connectivity index (χ0v) is 33.4. The van der Waals surface area contributed by atoms with Gasteiger partial charge in [-0.3, -0.25) is 0 Å². The van der Waals surface area contributed by atoms with E-state index >= 15 is 0 Å². The molecule has 0 fully saturated rings. The third-order valence-corrected chi connectivity index (χ3v) is 12.3. The second-order valence-corrected chi connectivity index (χ2v) is 15.7. The summed E-state index contributed by atoms with van der Waals surface area (Å²) >= 11 is 0. The first-order valence-electron chi connectivity index (χ1n) is 20.9. The van der Waals surface area contributed by atoms with Gasteiger partial charge in [0.15, 0.2) is 0 Å². The summed E-state index contributed by atoms with van der Waals surface area (Å²) in [5.41, 5.74) is 15.2. The molecule has 3 heteroatoms. The molecule has 10 aromatic carbocycles. The SMILES string of the molecule is c1ccc(-c2cccc3cccc(-c4ccc(N(c5ccc(-n6c7ccccc7c7ccccc76)cc5)c5cccc6c5c5ccccc5n6-c5ccccc5)cc4)c23)cc1. The number of anilines is 3. The van der Waals surface area contributed by atoms with Crippen molar-refractivity contribution >= 4 is 71.4 Å². The summed E-state index contributed by atoms with van der Waals surface area (Å²) in [6.45, 7) is 0. The molecule has 61 heavy (non-hydrogen) atoms. The van der Waals surface area contributed by atoms with Crippen LogP contribution in [0, 0.1) is 0 Å². The lowest BCUT2D eigenvalue weighted by molar-refractivity contribution is 1.17. The molecule has 0 spiro atoms. The summed E-state index contributed by atoms with van der Waals surface area (Å²) in [6, 6.07) is 85.9. The van der Waals surface area contributed by atoms with Crippen molar-refractivity contribution in [3.8, 4) is 33.6 Å². The normalized spacial score (nSPS) is 11.6. The number of fused-ring (bicyclic) bond motifs is 7. The molecule has 2 heterocycles. The van der Waals surface area contributed by atoms with Gasteiger partial charge < -0.3 is 14.0 Å². The molecule has 0 saturated carbocycles. The highest BCUT2D eigenvalue weighted by Gasteiger charge is 2.22. The summed E-state index contributed by atoms with van der Waals surface area (Å²) in [6.07, 6.45) is 0. The van der Waals surface area contributed by atoms with Crippen molar-refractivity contribution in [2.75, 3.05) is 4.90 Å². The molecule has 0 amide bonds. The van der Waals surface area contributed by atoms with E-state index in [0.717, 1.165) is 34.0 Å². The van der Waals surface area contributed by atoms with Crippen LogP contribution in [-0.2, 0) is 0 Å². The summed E-state index contributed by atoms with van der Waals surface area (Å²) < 4.78 is 4.78. The minimum atomic E-state index is 1.08. The molecule has 0 atom stereocenters. The standard InChI is InChI=1S/C58H39N3/c1-3-16-40(17-4-1)47-25-13-18-42-19-14-26-48(57(42)47)41-32-34-44(35-33-41)59(45-36-38-46(39-37-45)60-52-27-10-7-22-49(52)50-23-8-11-28-53(50)60)55-30-15-31-56-58(55)51-24-9-12-29-54(51)61(56)43-20-5-2-6-21-43/h1-39H. The van der Waals surface area contributed by atoms with E-state index in [1.807, 2.05) is 0 Å². The zero-order valence-electron chi connectivity index (χ0n) is 33.4. The van der Waals surface area contributed by atoms with E-state index in [2.05, 4.69) is 251 Å². The molecular weight excluding hydrogens is 739 g/mol. The Bertz CT molecular complexity index is 3500. The largest absolute Gasteiger partial charge is 0.310 e. The van der Waals surface area contributed by atoms with Crippen LogP contribution in [-0.4, -0.2) is 9.13 Å². The maximum absolute atomic E-state index is 2.43. The van der Waals surface area contributed by atoms with Crippen LogP contribution >= 0.6 is 0 Å². The Labute approximate surface area is 354 Å². The first-order valence-corrected chi connectivity index (χ1v) is 20.9. The molecule has 3 nitrogen and oxygen atoms in total. The third-order valence-electron chi connectivity index (χ3n) is 12.3. The maximum Gasteiger partial charge on any atom is 0.0562 e. The van der Waals surface area contributed by atoms with E-state index in [4.69, 9.17) is 0 Å². The van der Waals surface area contributed by atoms with Gasteiger partial charge >= 0.3 is 0 Å². The van der Waals surface area contributed by atoms with E-state index in [1.54, 1.807) is 0 Å². The van der Waals surface area contributed by atoms with Gasteiger partial charge in [0.05, 0.1) is 27.8 Å². The molecule has 0 radical (unpaired) electrons. The number of aromatic nitrogens is 2. The van der Waals surface area contributed by atoms with Crippen molar-refractivity contribution in [2.45, 2.75) is 0 Å². The monoisotopic (exact) mass is 777 g/mol. The lowest BCUT2D eigenvalue weighted by atomic mass is 9.91. The molecule has 0 aliphatic rings. The van der Waals surface area contributed by atoms with Crippen LogP contribution in [0.15, 0.2) is 237 Å². The van der Waals surface area contributed by atoms with E-state index in [9.17, 15) is 0 Å². The minimum absolute atomic E-state index is 1.08. The summed E-state index contributed by atoms with van der Waals surface area (Å²) in [5.74, 6) is 0. The summed E-state index contributed by atoms with van der Waals surface area (Å²) in [7, 11) is 0. The smallest absolute Gasteiger partial charge is 0.0562 e. The van der Waals surface area contributed by atoms with E-state index in [-0.39, 0.29) is 0 Å². The van der Waals surface area contributed by atoms with Gasteiger partial charge in [-0.2, -0.15) is 0 Å². The Morgan fingerprint density at radius 3 is 1.34 bits per heavy atom. The number of benzene rings is 10. The molecule has 0 bridgehead atoms. The zero-order chi connectivity index (χ0) is 40.3. The Morgan fingerprint density at radius 1 is 0.279 bits per heavy atom. The van der Waals surface area contributed by atoms with Crippen molar-refractivity contribution in [3.63, 3.8) is 0 Å². The van der Waals surface area contributed by atoms with Crippen LogP contribution < -0.4 is 4.90 Å². The van der Waals surface area contributed by atoms with Crippen LogP contribution in [0.25, 0.3) is 88.0 Å². The van der Waals surface area contributed by atoms with Crippen LogP contribution in [0.5, 0.6) is 0 Å². The molecular formula is C58H39N3. The number of nitrogens with zero attached hydrogens (tertiary/aromatic N) is 3. The van der Waals surface area contributed by atoms with Gasteiger partial charge in [-0.25, -0.2) is 0 Å². The molecule has 2 aromatic heterocycles. The van der Waals surface area contributed by atoms with Gasteiger partial charge in [-0.1, -0.05) is 158 Å². The van der Waals surface area contributed by atoms with Crippen molar-refractivity contribution in [3.05, 3.63) is 237 Å². The first kappa shape index (κ1) is 34.9. The van der Waals surface area contributed by atoms with Gasteiger partial charge in [-0.15, -0.1) is 0 Å². The molecule has 0 aliphatic carbocycles. The van der Waals surface area contributed by atoms with Crippen LogP contribution in [0.2, 0.25) is 0 Å². The number of rotatable bonds is 7. The van der Waals surface area contributed by atoms with Crippen molar-refractivity contribution < 1.29 is 0 Å². The molecule has 286 valence electrons. The minimum Gasteiger partial charge on any atom is -0.310 e. The highest BCUT2D eigenvalue weighted by molar-refractivity contribution is 6.17. The molecule has 12 aromatic rings. The fourth-order valence-corrected chi connectivity index (χ4v) is 9.65. The molecule has 0 N–H and O–H groups in total. The predicted octanol–water partition coefficient (Wildman–Crippen LogP) is 15.8.